The number of nitrogens with one attached hydrogen (secondary N) is 1. The zero-order chi connectivity index (χ0) is 14.0. The molecule has 0 saturated carbocycles. The molecule has 0 spiro atoms. The first kappa shape index (κ1) is 14.6. The van der Waals surface area contributed by atoms with Gasteiger partial charge in [0.05, 0.1) is 20.6 Å². The standard InChI is InChI=1S/C11H10Cl2N2O2S2/c12-7-3-8(18-6-7)5-15-11-4-9(19(14,16)17)1-2-10(11)13/h1-4,6,15H,5H2,(H2,14,16,17). The van der Waals surface area contributed by atoms with Crippen LogP contribution in [0.4, 0.5) is 5.69 Å². The van der Waals surface area contributed by atoms with Gasteiger partial charge >= 0.3 is 0 Å². The van der Waals surface area contributed by atoms with E-state index in [1.165, 1.54) is 29.5 Å². The molecule has 0 fully saturated rings. The zero-order valence-electron chi connectivity index (χ0n) is 9.56. The molecule has 1 aromatic heterocycles. The zero-order valence-corrected chi connectivity index (χ0v) is 12.7. The lowest BCUT2D eigenvalue weighted by atomic mass is 10.3. The summed E-state index contributed by atoms with van der Waals surface area (Å²) in [6.07, 6.45) is 0. The highest BCUT2D eigenvalue weighted by molar-refractivity contribution is 7.89. The lowest BCUT2D eigenvalue weighted by Crippen LogP contribution is -2.12. The summed E-state index contributed by atoms with van der Waals surface area (Å²) in [6.45, 7) is 0.505. The van der Waals surface area contributed by atoms with E-state index in [0.29, 0.717) is 22.3 Å². The van der Waals surface area contributed by atoms with Crippen molar-refractivity contribution in [2.45, 2.75) is 11.4 Å². The van der Waals surface area contributed by atoms with Crippen molar-refractivity contribution < 1.29 is 8.42 Å². The highest BCUT2D eigenvalue weighted by Crippen LogP contribution is 2.26. The Hall–Kier alpha value is -0.790. The Kier molecular flexibility index (Phi) is 4.37. The van der Waals surface area contributed by atoms with Crippen LogP contribution in [0.2, 0.25) is 10.0 Å². The lowest BCUT2D eigenvalue weighted by Gasteiger charge is -2.08. The number of rotatable bonds is 4. The van der Waals surface area contributed by atoms with Gasteiger partial charge in [-0.2, -0.15) is 0 Å². The predicted molar refractivity (Wildman–Crippen MR) is 79.5 cm³/mol. The van der Waals surface area contributed by atoms with Crippen LogP contribution in [0.5, 0.6) is 0 Å². The van der Waals surface area contributed by atoms with Crippen molar-refractivity contribution in [3.05, 3.63) is 44.6 Å². The van der Waals surface area contributed by atoms with Gasteiger partial charge in [-0.1, -0.05) is 23.2 Å². The quantitative estimate of drug-likeness (QED) is 0.899. The molecule has 19 heavy (non-hydrogen) atoms. The number of primary sulfonamides is 1. The van der Waals surface area contributed by atoms with E-state index in [9.17, 15) is 8.42 Å². The molecule has 0 aliphatic rings. The second-order valence-corrected chi connectivity index (χ2v) is 7.17. The van der Waals surface area contributed by atoms with Gasteiger partial charge in [0.2, 0.25) is 10.0 Å². The Morgan fingerprint density at radius 2 is 2.00 bits per heavy atom. The number of anilines is 1. The lowest BCUT2D eigenvalue weighted by molar-refractivity contribution is 0.598. The third kappa shape index (κ3) is 3.84. The van der Waals surface area contributed by atoms with E-state index in [1.807, 2.05) is 11.4 Å². The fourth-order valence-corrected chi connectivity index (χ4v) is 3.18. The fraction of sp³-hybridized carbons (Fsp3) is 0.0909. The topological polar surface area (TPSA) is 72.2 Å². The summed E-state index contributed by atoms with van der Waals surface area (Å²) >= 11 is 13.3. The maximum atomic E-state index is 11.3. The van der Waals surface area contributed by atoms with Gasteiger partial charge in [-0.15, -0.1) is 11.3 Å². The van der Waals surface area contributed by atoms with Crippen LogP contribution in [0.3, 0.4) is 0 Å². The van der Waals surface area contributed by atoms with Gasteiger partial charge in [-0.3, -0.25) is 0 Å². The molecule has 3 N–H and O–H groups in total. The van der Waals surface area contributed by atoms with Gasteiger partial charge < -0.3 is 5.32 Å². The normalized spacial score (nSPS) is 11.5. The van der Waals surface area contributed by atoms with E-state index < -0.39 is 10.0 Å². The second-order valence-electron chi connectivity index (χ2n) is 3.77. The van der Waals surface area contributed by atoms with Gasteiger partial charge in [-0.05, 0) is 24.3 Å². The maximum Gasteiger partial charge on any atom is 0.238 e. The molecule has 2 aromatic rings. The minimum absolute atomic E-state index is 0.0172. The average Bonchev–Trinajstić information content (AvgIpc) is 2.72. The first-order valence-electron chi connectivity index (χ1n) is 5.15. The van der Waals surface area contributed by atoms with Crippen molar-refractivity contribution in [1.29, 1.82) is 0 Å². The molecule has 0 amide bonds. The summed E-state index contributed by atoms with van der Waals surface area (Å²) in [4.78, 5) is 1.03. The summed E-state index contributed by atoms with van der Waals surface area (Å²) in [5, 5.41) is 11.0. The van der Waals surface area contributed by atoms with Gasteiger partial charge in [0.1, 0.15) is 0 Å². The molecule has 0 saturated heterocycles. The molecule has 0 radical (unpaired) electrons. The van der Waals surface area contributed by atoms with Gasteiger partial charge in [0.25, 0.3) is 0 Å². The summed E-state index contributed by atoms with van der Waals surface area (Å²) in [7, 11) is -3.74. The van der Waals surface area contributed by atoms with Gasteiger partial charge in [0, 0.05) is 16.8 Å². The van der Waals surface area contributed by atoms with Crippen molar-refractivity contribution in [1.82, 2.24) is 0 Å². The smallest absolute Gasteiger partial charge is 0.238 e. The molecule has 0 atom stereocenters. The van der Waals surface area contributed by atoms with Crippen LogP contribution in [0.25, 0.3) is 0 Å². The number of benzene rings is 1. The highest BCUT2D eigenvalue weighted by atomic mass is 35.5. The number of hydrogen-bond donors (Lipinski definition) is 2. The van der Waals surface area contributed by atoms with E-state index in [2.05, 4.69) is 5.32 Å². The highest BCUT2D eigenvalue weighted by Gasteiger charge is 2.10. The van der Waals surface area contributed by atoms with Crippen molar-refractivity contribution in [2.75, 3.05) is 5.32 Å². The average molecular weight is 337 g/mol. The monoisotopic (exact) mass is 336 g/mol. The minimum atomic E-state index is -3.74. The number of halogens is 2. The molecule has 0 bridgehead atoms. The Labute approximate surface area is 125 Å². The fourth-order valence-electron chi connectivity index (χ4n) is 1.45. The Morgan fingerprint density at radius 3 is 2.58 bits per heavy atom. The van der Waals surface area contributed by atoms with Gasteiger partial charge in [0.15, 0.2) is 0 Å². The molecular weight excluding hydrogens is 327 g/mol. The SMILES string of the molecule is NS(=O)(=O)c1ccc(Cl)c(NCc2cc(Cl)cs2)c1. The molecule has 1 aromatic carbocycles. The molecule has 2 rings (SSSR count). The van der Waals surface area contributed by atoms with Crippen molar-refractivity contribution in [3.63, 3.8) is 0 Å². The first-order valence-corrected chi connectivity index (χ1v) is 8.33. The molecule has 0 aliphatic heterocycles. The van der Waals surface area contributed by atoms with E-state index in [1.54, 1.807) is 0 Å². The van der Waals surface area contributed by atoms with Crippen molar-refractivity contribution >= 4 is 50.2 Å². The van der Waals surface area contributed by atoms with Crippen LogP contribution in [0.15, 0.2) is 34.5 Å². The summed E-state index contributed by atoms with van der Waals surface area (Å²) in [5.74, 6) is 0. The Bertz CT molecular complexity index is 698. The molecule has 102 valence electrons. The van der Waals surface area contributed by atoms with Crippen molar-refractivity contribution in [2.24, 2.45) is 5.14 Å². The third-order valence-corrected chi connectivity index (χ3v) is 4.87. The molecular formula is C11H10Cl2N2O2S2. The first-order chi connectivity index (χ1) is 8.86. The summed E-state index contributed by atoms with van der Waals surface area (Å²) < 4.78 is 22.5. The summed E-state index contributed by atoms with van der Waals surface area (Å²) in [5.41, 5.74) is 0.512. The Balaban J connectivity index is 2.20. The predicted octanol–water partition coefficient (Wildman–Crippen LogP) is 3.31. The van der Waals surface area contributed by atoms with E-state index >= 15 is 0 Å². The van der Waals surface area contributed by atoms with E-state index in [4.69, 9.17) is 28.3 Å². The van der Waals surface area contributed by atoms with Gasteiger partial charge in [-0.25, -0.2) is 13.6 Å². The van der Waals surface area contributed by atoms with E-state index in [-0.39, 0.29) is 4.90 Å². The number of sulfonamides is 1. The van der Waals surface area contributed by atoms with Crippen LogP contribution in [-0.4, -0.2) is 8.42 Å². The largest absolute Gasteiger partial charge is 0.379 e. The minimum Gasteiger partial charge on any atom is -0.379 e. The van der Waals surface area contributed by atoms with E-state index in [0.717, 1.165) is 4.88 Å². The molecule has 4 nitrogen and oxygen atoms in total. The summed E-state index contributed by atoms with van der Waals surface area (Å²) in [6, 6.07) is 6.10. The van der Waals surface area contributed by atoms with Crippen molar-refractivity contribution in [3.8, 4) is 0 Å². The van der Waals surface area contributed by atoms with Crippen LogP contribution >= 0.6 is 34.5 Å². The Morgan fingerprint density at radius 1 is 1.26 bits per heavy atom. The van der Waals surface area contributed by atoms with Crippen LogP contribution in [0, 0.1) is 0 Å². The molecule has 0 aliphatic carbocycles. The van der Waals surface area contributed by atoms with Crippen LogP contribution < -0.4 is 10.5 Å². The number of thiophene rings is 1. The number of nitrogens with two attached hydrogens (primary N) is 1. The molecule has 8 heteroatoms. The second kappa shape index (κ2) is 5.68. The molecule has 0 unspecified atom stereocenters. The third-order valence-electron chi connectivity index (χ3n) is 2.34. The maximum absolute atomic E-state index is 11.3. The van der Waals surface area contributed by atoms with Crippen LogP contribution in [0.1, 0.15) is 4.88 Å². The molecule has 1 heterocycles. The van der Waals surface area contributed by atoms with Crippen LogP contribution in [-0.2, 0) is 16.6 Å². The number of hydrogen-bond acceptors (Lipinski definition) is 4.